The number of Topliss-reactive ketones (excluding diaryl/α,β-unsaturated/α-hetero) is 1. The van der Waals surface area contributed by atoms with Crippen molar-refractivity contribution in [3.8, 4) is 0 Å². The normalized spacial score (nSPS) is 35.4. The average Bonchev–Trinajstić information content (AvgIpc) is 3.23. The number of amides is 1. The number of allylic oxidation sites excluding steroid dienone is 4. The summed E-state index contributed by atoms with van der Waals surface area (Å²) in [5.74, 6) is -3.80. The molecule has 1 amide bonds. The molecule has 14 nitrogen and oxygen atoms in total. The average molecular weight is 661 g/mol. The number of hydrogen-bond donors (Lipinski definition) is 4. The molecular formula is C32H37FN2O12. The summed E-state index contributed by atoms with van der Waals surface area (Å²) in [4.78, 5) is 64.8. The van der Waals surface area contributed by atoms with Crippen LogP contribution < -0.4 is 5.32 Å². The van der Waals surface area contributed by atoms with Gasteiger partial charge >= 0.3 is 12.1 Å². The molecule has 0 aromatic heterocycles. The quantitative estimate of drug-likeness (QED) is 0.161. The van der Waals surface area contributed by atoms with Gasteiger partial charge in [-0.3, -0.25) is 14.4 Å². The summed E-state index contributed by atoms with van der Waals surface area (Å²) < 4.78 is 27.3. The van der Waals surface area contributed by atoms with Crippen LogP contribution in [0.4, 0.5) is 9.18 Å². The van der Waals surface area contributed by atoms with Gasteiger partial charge in [-0.25, -0.2) is 9.18 Å². The van der Waals surface area contributed by atoms with E-state index >= 15 is 4.39 Å². The maximum atomic E-state index is 17.2. The van der Waals surface area contributed by atoms with Crippen LogP contribution in [0.2, 0.25) is 0 Å². The van der Waals surface area contributed by atoms with Gasteiger partial charge in [0.25, 0.3) is 5.09 Å². The molecule has 0 bridgehead atoms. The number of esters is 1. The molecule has 0 spiro atoms. The van der Waals surface area contributed by atoms with E-state index in [-0.39, 0.29) is 38.3 Å². The molecule has 0 heterocycles. The Morgan fingerprint density at radius 3 is 2.45 bits per heavy atom. The summed E-state index contributed by atoms with van der Waals surface area (Å²) in [6.07, 6.45) is -0.303. The molecule has 0 radical (unpaired) electrons. The Kier molecular flexibility index (Phi) is 9.03. The minimum absolute atomic E-state index is 0.140. The lowest BCUT2D eigenvalue weighted by atomic mass is 9.44. The summed E-state index contributed by atoms with van der Waals surface area (Å²) in [6.45, 7) is 0.866. The Balaban J connectivity index is 1.19. The lowest BCUT2D eigenvalue weighted by Crippen LogP contribution is -2.69. The van der Waals surface area contributed by atoms with Crippen LogP contribution >= 0.6 is 0 Å². The van der Waals surface area contributed by atoms with Crippen molar-refractivity contribution in [3.05, 3.63) is 69.3 Å². The number of rotatable bonds is 10. The first-order valence-electron chi connectivity index (χ1n) is 15.2. The van der Waals surface area contributed by atoms with Crippen molar-refractivity contribution >= 4 is 23.6 Å². The van der Waals surface area contributed by atoms with E-state index in [2.05, 4.69) is 10.2 Å². The smallest absolute Gasteiger partial charge is 0.408 e. The van der Waals surface area contributed by atoms with E-state index in [4.69, 9.17) is 9.47 Å². The van der Waals surface area contributed by atoms with Gasteiger partial charge in [-0.15, -0.1) is 10.1 Å². The number of halogens is 1. The van der Waals surface area contributed by atoms with Gasteiger partial charge in [-0.1, -0.05) is 42.8 Å². The molecule has 3 saturated carbocycles. The minimum Gasteiger partial charge on any atom is -0.459 e. The summed E-state index contributed by atoms with van der Waals surface area (Å²) in [5, 5.41) is 45.9. The van der Waals surface area contributed by atoms with Gasteiger partial charge < -0.3 is 34.9 Å². The number of hydrogen-bond acceptors (Lipinski definition) is 12. The van der Waals surface area contributed by atoms with E-state index in [0.29, 0.717) is 23.1 Å². The number of fused-ring (bicyclic) bond motifs is 5. The van der Waals surface area contributed by atoms with Gasteiger partial charge in [0.2, 0.25) is 5.78 Å². The molecule has 254 valence electrons. The maximum Gasteiger partial charge on any atom is 0.408 e. The van der Waals surface area contributed by atoms with Crippen molar-refractivity contribution in [3.63, 3.8) is 0 Å². The van der Waals surface area contributed by atoms with Crippen LogP contribution in [0.5, 0.6) is 0 Å². The first-order valence-corrected chi connectivity index (χ1v) is 15.2. The molecule has 5 rings (SSSR count). The molecule has 3 fully saturated rings. The summed E-state index contributed by atoms with van der Waals surface area (Å²) in [5.41, 5.74) is -6.09. The number of carbonyl (C=O) groups excluding carboxylic acids is 4. The van der Waals surface area contributed by atoms with Crippen LogP contribution in [-0.2, 0) is 41.9 Å². The molecule has 0 saturated heterocycles. The van der Waals surface area contributed by atoms with Gasteiger partial charge in [-0.2, -0.15) is 0 Å². The zero-order valence-corrected chi connectivity index (χ0v) is 25.8. The van der Waals surface area contributed by atoms with Crippen molar-refractivity contribution in [2.75, 3.05) is 13.2 Å². The number of alkyl halides is 1. The van der Waals surface area contributed by atoms with E-state index < -0.39 is 82.2 Å². The third kappa shape index (κ3) is 5.59. The highest BCUT2D eigenvalue weighted by atomic mass is 19.1. The predicted molar refractivity (Wildman–Crippen MR) is 157 cm³/mol. The molecule has 4 N–H and O–H groups in total. The highest BCUT2D eigenvalue weighted by Gasteiger charge is 2.76. The van der Waals surface area contributed by atoms with E-state index in [1.165, 1.54) is 25.2 Å². The molecule has 47 heavy (non-hydrogen) atoms. The van der Waals surface area contributed by atoms with Crippen molar-refractivity contribution in [2.45, 2.75) is 76.2 Å². The van der Waals surface area contributed by atoms with Crippen LogP contribution in [0.3, 0.4) is 0 Å². The monoisotopic (exact) mass is 660 g/mol. The first kappa shape index (κ1) is 34.1. The largest absolute Gasteiger partial charge is 0.459 e. The molecule has 4 aliphatic rings. The summed E-state index contributed by atoms with van der Waals surface area (Å²) >= 11 is 0. The molecule has 1 aromatic rings. The fourth-order valence-corrected chi connectivity index (χ4v) is 8.34. The van der Waals surface area contributed by atoms with Crippen LogP contribution in [-0.4, -0.2) is 80.7 Å². The van der Waals surface area contributed by atoms with E-state index in [9.17, 15) is 44.6 Å². The second-order valence-electron chi connectivity index (χ2n) is 13.1. The number of nitrogens with one attached hydrogen (secondary N) is 1. The number of alkyl carbamates (subject to hydrolysis) is 1. The molecule has 4 aliphatic carbocycles. The third-order valence-corrected chi connectivity index (χ3v) is 10.8. The number of nitrogens with zero attached hydrogens (tertiary/aromatic N) is 1. The second kappa shape index (κ2) is 12.4. The standard InChI is InChI=1S/C32H37FN2O12/c1-29-10-9-21(36)11-20(29)7-8-22-23-12-24(37)32(42,30(23,2)13-25(38)31(22,29)33)26(39)17-46-28(41)34-14-27(40)45-15-18-5-3-4-6-19(18)16-47-35(43)44/h3-6,9-11,22-25,37-38,42H,7-8,12-17H2,1-2H3,(H,34,41)/t22-,23-,24+,25-,29-,30-,31-,32-/m0/s1. The number of aliphatic hydroxyl groups is 3. The lowest BCUT2D eigenvalue weighted by molar-refractivity contribution is -0.763. The zero-order chi connectivity index (χ0) is 34.4. The van der Waals surface area contributed by atoms with Gasteiger partial charge in [0.1, 0.15) is 19.8 Å². The Hall–Kier alpha value is -4.21. The highest BCUT2D eigenvalue weighted by molar-refractivity contribution is 6.01. The Bertz CT molecular complexity index is 1550. The van der Waals surface area contributed by atoms with Crippen LogP contribution in [0, 0.1) is 32.8 Å². The highest BCUT2D eigenvalue weighted by Crippen LogP contribution is 2.69. The second-order valence-corrected chi connectivity index (χ2v) is 13.1. The fraction of sp³-hybridized carbons (Fsp3) is 0.562. The van der Waals surface area contributed by atoms with Crippen LogP contribution in [0.15, 0.2) is 48.1 Å². The Morgan fingerprint density at radius 1 is 1.09 bits per heavy atom. The lowest BCUT2D eigenvalue weighted by Gasteiger charge is -2.62. The predicted octanol–water partition coefficient (Wildman–Crippen LogP) is 1.81. The molecule has 8 atom stereocenters. The Morgan fingerprint density at radius 2 is 1.77 bits per heavy atom. The van der Waals surface area contributed by atoms with E-state index in [1.54, 1.807) is 31.2 Å². The number of carbonyl (C=O) groups is 4. The number of benzene rings is 1. The zero-order valence-electron chi connectivity index (χ0n) is 25.8. The summed E-state index contributed by atoms with van der Waals surface area (Å²) in [6, 6.07) is 6.38. The van der Waals surface area contributed by atoms with Crippen molar-refractivity contribution in [1.29, 1.82) is 0 Å². The molecule has 0 unspecified atom stereocenters. The van der Waals surface area contributed by atoms with Gasteiger partial charge in [0.15, 0.2) is 23.7 Å². The van der Waals surface area contributed by atoms with Gasteiger partial charge in [0, 0.05) is 16.7 Å². The number of aliphatic hydroxyl groups excluding tert-OH is 2. The molecule has 1 aromatic carbocycles. The molecule has 15 heteroatoms. The number of ketones is 2. The van der Waals surface area contributed by atoms with Crippen molar-refractivity contribution in [2.24, 2.45) is 22.7 Å². The summed E-state index contributed by atoms with van der Waals surface area (Å²) in [7, 11) is 0. The van der Waals surface area contributed by atoms with Gasteiger partial charge in [-0.05, 0) is 61.8 Å². The van der Waals surface area contributed by atoms with Crippen molar-refractivity contribution in [1.82, 2.24) is 5.32 Å². The van der Waals surface area contributed by atoms with Crippen molar-refractivity contribution < 1.29 is 58.3 Å². The van der Waals surface area contributed by atoms with Crippen LogP contribution in [0.1, 0.15) is 50.7 Å². The molecular weight excluding hydrogens is 623 g/mol. The minimum atomic E-state index is -2.49. The maximum absolute atomic E-state index is 17.2. The third-order valence-electron chi connectivity index (χ3n) is 10.8. The SMILES string of the molecule is C[C@]12C=CC(=O)C=C1CC[C@H]1[C@@H]3C[C@@H](O)[C@](O)(C(=O)COC(=O)NCC(=O)OCc4ccccc4CO[N+](=O)[O-])[C@@]3(C)C[C@H](O)[C@@]12F. The van der Waals surface area contributed by atoms with Crippen LogP contribution in [0.25, 0.3) is 0 Å². The van der Waals surface area contributed by atoms with Gasteiger partial charge in [0.05, 0.1) is 12.2 Å². The first-order chi connectivity index (χ1) is 22.1. The van der Waals surface area contributed by atoms with E-state index in [0.717, 1.165) is 0 Å². The molecule has 0 aliphatic heterocycles. The Labute approximate surface area is 268 Å². The fourth-order valence-electron chi connectivity index (χ4n) is 8.34. The topological polar surface area (TPSA) is 212 Å². The number of ether oxygens (including phenoxy) is 2. The van der Waals surface area contributed by atoms with E-state index in [1.807, 2.05) is 0 Å².